The summed E-state index contributed by atoms with van der Waals surface area (Å²) in [6.45, 7) is 3.86. The number of rotatable bonds is 7. The Hall–Kier alpha value is -2.49. The highest BCUT2D eigenvalue weighted by Crippen LogP contribution is 2.28. The van der Waals surface area contributed by atoms with E-state index in [2.05, 4.69) is 42.1 Å². The summed E-state index contributed by atoms with van der Waals surface area (Å²) < 4.78 is 0.928. The van der Waals surface area contributed by atoms with Gasteiger partial charge in [-0.1, -0.05) is 77.3 Å². The number of nitrogens with zero attached hydrogens (tertiary/aromatic N) is 2. The third-order valence-electron chi connectivity index (χ3n) is 4.59. The number of hydrogen-bond donors (Lipinski definition) is 3. The molecule has 0 saturated heterocycles. The van der Waals surface area contributed by atoms with E-state index in [4.69, 9.17) is 11.6 Å². The summed E-state index contributed by atoms with van der Waals surface area (Å²) in [7, 11) is 0. The van der Waals surface area contributed by atoms with E-state index in [1.165, 1.54) is 11.3 Å². The average Bonchev–Trinajstić information content (AvgIpc) is 3.20. The van der Waals surface area contributed by atoms with Gasteiger partial charge in [0.2, 0.25) is 11.0 Å². The van der Waals surface area contributed by atoms with Crippen molar-refractivity contribution in [2.24, 2.45) is 5.92 Å². The maximum Gasteiger partial charge on any atom is 0.319 e. The molecule has 2 aromatic carbocycles. The first-order valence-corrected chi connectivity index (χ1v) is 11.6. The van der Waals surface area contributed by atoms with Crippen molar-refractivity contribution in [1.82, 2.24) is 15.5 Å². The fourth-order valence-electron chi connectivity index (χ4n) is 2.77. The van der Waals surface area contributed by atoms with Crippen LogP contribution in [-0.4, -0.2) is 28.2 Å². The van der Waals surface area contributed by atoms with Gasteiger partial charge in [0.05, 0.1) is 0 Å². The lowest BCUT2D eigenvalue weighted by Gasteiger charge is -2.23. The molecule has 1 heterocycles. The second-order valence-electron chi connectivity index (χ2n) is 6.88. The third kappa shape index (κ3) is 6.49. The molecule has 3 aromatic rings. The molecule has 3 amide bonds. The fraction of sp³-hybridized carbons (Fsp3) is 0.238. The zero-order chi connectivity index (χ0) is 22.4. The molecule has 31 heavy (non-hydrogen) atoms. The first-order valence-electron chi connectivity index (χ1n) is 9.59. The number of carbonyl (C=O) groups is 2. The lowest BCUT2D eigenvalue weighted by Crippen LogP contribution is -2.49. The third-order valence-corrected chi connectivity index (χ3v) is 6.21. The topological polar surface area (TPSA) is 96.0 Å². The molecule has 0 bridgehead atoms. The molecular formula is C21H21BrClN5O2S. The molecule has 2 atom stereocenters. The lowest BCUT2D eigenvalue weighted by molar-refractivity contribution is -0.119. The second-order valence-corrected chi connectivity index (χ2v) is 9.21. The molecule has 7 nitrogen and oxygen atoms in total. The average molecular weight is 523 g/mol. The van der Waals surface area contributed by atoms with Crippen molar-refractivity contribution < 1.29 is 9.59 Å². The predicted octanol–water partition coefficient (Wildman–Crippen LogP) is 5.80. The van der Waals surface area contributed by atoms with Gasteiger partial charge < -0.3 is 10.6 Å². The zero-order valence-electron chi connectivity index (χ0n) is 16.9. The summed E-state index contributed by atoms with van der Waals surface area (Å²) in [4.78, 5) is 25.4. The molecule has 0 aliphatic heterocycles. The van der Waals surface area contributed by atoms with E-state index >= 15 is 0 Å². The highest BCUT2D eigenvalue weighted by atomic mass is 79.9. The number of aromatic nitrogens is 2. The van der Waals surface area contributed by atoms with Crippen molar-refractivity contribution in [3.05, 3.63) is 58.0 Å². The number of hydrogen-bond acceptors (Lipinski definition) is 5. The summed E-state index contributed by atoms with van der Waals surface area (Å²) in [6, 6.07) is 13.2. The van der Waals surface area contributed by atoms with E-state index in [0.29, 0.717) is 27.3 Å². The number of carbonyl (C=O) groups excluding carboxylic acids is 2. The number of benzene rings is 2. The van der Waals surface area contributed by atoms with Crippen LogP contribution in [0.1, 0.15) is 20.3 Å². The monoisotopic (exact) mass is 521 g/mol. The van der Waals surface area contributed by atoms with Gasteiger partial charge in [0.25, 0.3) is 0 Å². The van der Waals surface area contributed by atoms with Gasteiger partial charge in [-0.2, -0.15) is 0 Å². The molecule has 0 spiro atoms. The second kappa shape index (κ2) is 10.7. The first-order chi connectivity index (χ1) is 14.9. The first kappa shape index (κ1) is 23.2. The van der Waals surface area contributed by atoms with Crippen LogP contribution in [0.3, 0.4) is 0 Å². The van der Waals surface area contributed by atoms with Crippen molar-refractivity contribution in [3.63, 3.8) is 0 Å². The van der Waals surface area contributed by atoms with Crippen LogP contribution in [0.25, 0.3) is 10.6 Å². The Bertz CT molecular complexity index is 1080. The van der Waals surface area contributed by atoms with Gasteiger partial charge in [0.1, 0.15) is 11.0 Å². The molecule has 0 fully saturated rings. The van der Waals surface area contributed by atoms with Crippen LogP contribution in [0, 0.1) is 5.92 Å². The Kier molecular flexibility index (Phi) is 8.00. The van der Waals surface area contributed by atoms with E-state index in [0.717, 1.165) is 10.0 Å². The van der Waals surface area contributed by atoms with E-state index in [9.17, 15) is 9.59 Å². The summed E-state index contributed by atoms with van der Waals surface area (Å²) in [5.41, 5.74) is 1.43. The summed E-state index contributed by atoms with van der Waals surface area (Å²) in [5, 5.41) is 18.0. The van der Waals surface area contributed by atoms with Gasteiger partial charge in [-0.25, -0.2) is 4.79 Å². The maximum atomic E-state index is 12.9. The van der Waals surface area contributed by atoms with Crippen molar-refractivity contribution in [1.29, 1.82) is 0 Å². The lowest BCUT2D eigenvalue weighted by atomic mass is 9.98. The van der Waals surface area contributed by atoms with Crippen LogP contribution in [0.2, 0.25) is 5.02 Å². The van der Waals surface area contributed by atoms with Gasteiger partial charge in [0.15, 0.2) is 0 Å². The molecule has 0 saturated carbocycles. The van der Waals surface area contributed by atoms with Crippen molar-refractivity contribution in [3.8, 4) is 10.6 Å². The smallest absolute Gasteiger partial charge is 0.319 e. The van der Waals surface area contributed by atoms with Crippen LogP contribution >= 0.6 is 38.9 Å². The van der Waals surface area contributed by atoms with Gasteiger partial charge in [-0.05, 0) is 36.2 Å². The van der Waals surface area contributed by atoms with E-state index in [-0.39, 0.29) is 11.8 Å². The number of amides is 3. The highest BCUT2D eigenvalue weighted by Gasteiger charge is 2.27. The maximum absolute atomic E-state index is 12.9. The molecule has 2 unspecified atom stereocenters. The Morgan fingerprint density at radius 1 is 1.13 bits per heavy atom. The standard InChI is InChI=1S/C21H21BrClN5O2S/c1-3-12(2)17(25-20(30)24-16-9-5-8-15(23)11-16)18(29)26-21-28-27-19(31-21)13-6-4-7-14(22)10-13/h4-12,17H,3H2,1-2H3,(H2,24,25,30)(H,26,28,29). The largest absolute Gasteiger partial charge is 0.326 e. The minimum absolute atomic E-state index is 0.0948. The van der Waals surface area contributed by atoms with E-state index in [1.54, 1.807) is 24.3 Å². The van der Waals surface area contributed by atoms with Crippen LogP contribution in [0.15, 0.2) is 53.0 Å². The van der Waals surface area contributed by atoms with Crippen molar-refractivity contribution in [2.75, 3.05) is 10.6 Å². The highest BCUT2D eigenvalue weighted by molar-refractivity contribution is 9.10. The van der Waals surface area contributed by atoms with Gasteiger partial charge in [0, 0.05) is 20.7 Å². The van der Waals surface area contributed by atoms with Gasteiger partial charge in [-0.3, -0.25) is 10.1 Å². The van der Waals surface area contributed by atoms with Crippen LogP contribution in [0.5, 0.6) is 0 Å². The summed E-state index contributed by atoms with van der Waals surface area (Å²) in [6.07, 6.45) is 0.703. The molecular weight excluding hydrogens is 502 g/mol. The van der Waals surface area contributed by atoms with Crippen LogP contribution < -0.4 is 16.0 Å². The van der Waals surface area contributed by atoms with Crippen LogP contribution in [-0.2, 0) is 4.79 Å². The summed E-state index contributed by atoms with van der Waals surface area (Å²) in [5.74, 6) is -0.449. The Labute approximate surface area is 197 Å². The molecule has 0 aliphatic carbocycles. The SMILES string of the molecule is CCC(C)C(NC(=O)Nc1cccc(Cl)c1)C(=O)Nc1nnc(-c2cccc(Br)c2)s1. The van der Waals surface area contributed by atoms with Gasteiger partial charge in [-0.15, -0.1) is 10.2 Å². The molecule has 3 N–H and O–H groups in total. The number of nitrogens with one attached hydrogen (secondary N) is 3. The molecule has 10 heteroatoms. The Balaban J connectivity index is 1.68. The summed E-state index contributed by atoms with van der Waals surface area (Å²) >= 11 is 10.7. The van der Waals surface area contributed by atoms with Gasteiger partial charge >= 0.3 is 6.03 Å². The minimum atomic E-state index is -0.748. The van der Waals surface area contributed by atoms with E-state index in [1.807, 2.05) is 38.1 Å². The number of anilines is 2. The Morgan fingerprint density at radius 3 is 2.61 bits per heavy atom. The zero-order valence-corrected chi connectivity index (χ0v) is 20.0. The normalized spacial score (nSPS) is 12.6. The van der Waals surface area contributed by atoms with E-state index < -0.39 is 12.1 Å². The number of halogens is 2. The quantitative estimate of drug-likeness (QED) is 0.366. The fourth-order valence-corrected chi connectivity index (χ4v) is 4.10. The van der Waals surface area contributed by atoms with Crippen LogP contribution in [0.4, 0.5) is 15.6 Å². The molecule has 0 aliphatic rings. The predicted molar refractivity (Wildman–Crippen MR) is 129 cm³/mol. The number of urea groups is 1. The molecule has 3 rings (SSSR count). The Morgan fingerprint density at radius 2 is 1.90 bits per heavy atom. The molecule has 1 aromatic heterocycles. The van der Waals surface area contributed by atoms with Crippen molar-refractivity contribution >= 4 is 61.6 Å². The minimum Gasteiger partial charge on any atom is -0.326 e. The molecule has 162 valence electrons. The molecule has 0 radical (unpaired) electrons. The van der Waals surface area contributed by atoms with Crippen molar-refractivity contribution in [2.45, 2.75) is 26.3 Å².